The van der Waals surface area contributed by atoms with Crippen LogP contribution in [0, 0.1) is 11.1 Å². The first-order valence-electron chi connectivity index (χ1n) is 5.84. The molecule has 2 nitrogen and oxygen atoms in total. The number of hydrogen-bond acceptors (Lipinski definition) is 2. The molecule has 0 aromatic heterocycles. The molecule has 2 heteroatoms. The second-order valence-corrected chi connectivity index (χ2v) is 4.78. The standard InChI is InChI=1S/C13H16NO/c15-14-8-7-13-11(9-14)6-5-10-3-1-2-4-12(10)13/h1-4,11,13H,5-9H2/q-1. The van der Waals surface area contributed by atoms with Gasteiger partial charge in [-0.3, -0.25) is 0 Å². The van der Waals surface area contributed by atoms with Crippen LogP contribution in [0.25, 0.3) is 0 Å². The van der Waals surface area contributed by atoms with E-state index in [1.165, 1.54) is 22.6 Å². The van der Waals surface area contributed by atoms with E-state index in [4.69, 9.17) is 0 Å². The molecule has 15 heavy (non-hydrogen) atoms. The van der Waals surface area contributed by atoms with E-state index in [1.807, 2.05) is 0 Å². The van der Waals surface area contributed by atoms with Crippen LogP contribution in [0.3, 0.4) is 0 Å². The first kappa shape index (κ1) is 9.37. The van der Waals surface area contributed by atoms with Crippen LogP contribution in [0.2, 0.25) is 0 Å². The van der Waals surface area contributed by atoms with E-state index in [-0.39, 0.29) is 0 Å². The maximum absolute atomic E-state index is 11.3. The van der Waals surface area contributed by atoms with Gasteiger partial charge >= 0.3 is 0 Å². The summed E-state index contributed by atoms with van der Waals surface area (Å²) in [5.74, 6) is 1.26. The van der Waals surface area contributed by atoms with Crippen molar-refractivity contribution in [2.45, 2.75) is 25.2 Å². The zero-order valence-electron chi connectivity index (χ0n) is 8.86. The van der Waals surface area contributed by atoms with Gasteiger partial charge in [0.1, 0.15) is 0 Å². The average molecular weight is 202 g/mol. The van der Waals surface area contributed by atoms with Gasteiger partial charge in [-0.05, 0) is 55.3 Å². The smallest absolute Gasteiger partial charge is 0.0107 e. The predicted octanol–water partition coefficient (Wildman–Crippen LogP) is 2.54. The number of fused-ring (bicyclic) bond motifs is 3. The lowest BCUT2D eigenvalue weighted by Crippen LogP contribution is -2.38. The van der Waals surface area contributed by atoms with Gasteiger partial charge in [0.2, 0.25) is 0 Å². The minimum atomic E-state index is 0.603. The van der Waals surface area contributed by atoms with Crippen molar-refractivity contribution in [2.75, 3.05) is 13.1 Å². The number of hydrogen-bond donors (Lipinski definition) is 0. The molecule has 1 heterocycles. The van der Waals surface area contributed by atoms with E-state index in [2.05, 4.69) is 24.3 Å². The van der Waals surface area contributed by atoms with E-state index in [1.54, 1.807) is 0 Å². The van der Waals surface area contributed by atoms with E-state index >= 15 is 0 Å². The molecule has 1 aromatic carbocycles. The second kappa shape index (κ2) is 3.62. The van der Waals surface area contributed by atoms with Crippen LogP contribution >= 0.6 is 0 Å². The second-order valence-electron chi connectivity index (χ2n) is 4.78. The van der Waals surface area contributed by atoms with Crippen molar-refractivity contribution in [3.8, 4) is 0 Å². The summed E-state index contributed by atoms with van der Waals surface area (Å²) in [6.45, 7) is 1.47. The van der Waals surface area contributed by atoms with Crippen LogP contribution in [-0.4, -0.2) is 18.2 Å². The fourth-order valence-corrected chi connectivity index (χ4v) is 3.17. The summed E-state index contributed by atoms with van der Waals surface area (Å²) in [6.07, 6.45) is 3.40. The Morgan fingerprint density at radius 3 is 3.00 bits per heavy atom. The molecule has 1 aliphatic carbocycles. The fraction of sp³-hybridized carbons (Fsp3) is 0.538. The van der Waals surface area contributed by atoms with Crippen LogP contribution in [0.1, 0.15) is 29.9 Å². The summed E-state index contributed by atoms with van der Waals surface area (Å²) < 4.78 is 0. The van der Waals surface area contributed by atoms with Crippen molar-refractivity contribution >= 4 is 0 Å². The van der Waals surface area contributed by atoms with Gasteiger partial charge in [-0.2, -0.15) is 0 Å². The highest BCUT2D eigenvalue weighted by Gasteiger charge is 2.31. The molecule has 80 valence electrons. The van der Waals surface area contributed by atoms with Crippen molar-refractivity contribution in [3.63, 3.8) is 0 Å². The van der Waals surface area contributed by atoms with Crippen molar-refractivity contribution < 1.29 is 0 Å². The Kier molecular flexibility index (Phi) is 2.26. The molecule has 1 saturated heterocycles. The molecule has 0 spiro atoms. The lowest BCUT2D eigenvalue weighted by Gasteiger charge is -2.45. The molecule has 1 aromatic rings. The highest BCUT2D eigenvalue weighted by Crippen LogP contribution is 2.40. The number of piperidine rings is 1. The first-order valence-corrected chi connectivity index (χ1v) is 5.84. The number of rotatable bonds is 0. The van der Waals surface area contributed by atoms with Gasteiger partial charge < -0.3 is 10.3 Å². The highest BCUT2D eigenvalue weighted by atomic mass is 16.5. The average Bonchev–Trinajstić information content (AvgIpc) is 2.28. The van der Waals surface area contributed by atoms with Gasteiger partial charge in [0.25, 0.3) is 0 Å². The number of aryl methyl sites for hydroxylation is 1. The first-order chi connectivity index (χ1) is 7.34. The Labute approximate surface area is 90.5 Å². The molecule has 0 radical (unpaired) electrons. The summed E-state index contributed by atoms with van der Waals surface area (Å²) in [6, 6.07) is 8.76. The van der Waals surface area contributed by atoms with Crippen LogP contribution in [0.5, 0.6) is 0 Å². The van der Waals surface area contributed by atoms with E-state index < -0.39 is 0 Å². The Morgan fingerprint density at radius 2 is 2.07 bits per heavy atom. The molecule has 0 N–H and O–H groups in total. The summed E-state index contributed by atoms with van der Waals surface area (Å²) in [5.41, 5.74) is 3.03. The normalized spacial score (nSPS) is 30.7. The number of nitrogens with zero attached hydrogens (tertiary/aromatic N) is 1. The van der Waals surface area contributed by atoms with Gasteiger partial charge in [-0.25, -0.2) is 0 Å². The maximum atomic E-state index is 11.3. The topological polar surface area (TPSA) is 26.3 Å². The van der Waals surface area contributed by atoms with Crippen molar-refractivity contribution in [3.05, 3.63) is 40.6 Å². The Hall–Kier alpha value is -0.860. The lowest BCUT2D eigenvalue weighted by atomic mass is 9.72. The van der Waals surface area contributed by atoms with Crippen LogP contribution < -0.4 is 0 Å². The van der Waals surface area contributed by atoms with Crippen molar-refractivity contribution in [1.29, 1.82) is 0 Å². The van der Waals surface area contributed by atoms with Crippen LogP contribution in [0.4, 0.5) is 0 Å². The van der Waals surface area contributed by atoms with Gasteiger partial charge in [-0.15, -0.1) is 0 Å². The molecule has 2 atom stereocenters. The molecule has 3 rings (SSSR count). The Morgan fingerprint density at radius 1 is 1.20 bits per heavy atom. The third-order valence-corrected chi connectivity index (χ3v) is 3.94. The third kappa shape index (κ3) is 1.58. The molecule has 0 saturated carbocycles. The zero-order chi connectivity index (χ0) is 10.3. The van der Waals surface area contributed by atoms with Crippen molar-refractivity contribution in [1.82, 2.24) is 5.06 Å². The van der Waals surface area contributed by atoms with Crippen LogP contribution in [-0.2, 0) is 6.42 Å². The highest BCUT2D eigenvalue weighted by molar-refractivity contribution is 5.34. The third-order valence-electron chi connectivity index (χ3n) is 3.94. The Balaban J connectivity index is 1.93. The summed E-state index contributed by atoms with van der Waals surface area (Å²) >= 11 is 0. The van der Waals surface area contributed by atoms with Gasteiger partial charge in [0.05, 0.1) is 0 Å². The fourth-order valence-electron chi connectivity index (χ4n) is 3.17. The van der Waals surface area contributed by atoms with Gasteiger partial charge in [-0.1, -0.05) is 24.3 Å². The molecule has 2 unspecified atom stereocenters. The van der Waals surface area contributed by atoms with Gasteiger partial charge in [0.15, 0.2) is 0 Å². The van der Waals surface area contributed by atoms with E-state index in [9.17, 15) is 5.21 Å². The van der Waals surface area contributed by atoms with E-state index in [0.29, 0.717) is 11.8 Å². The largest absolute Gasteiger partial charge is 0.785 e. The molecule has 2 aliphatic rings. The molecular formula is C13H16NO-. The SMILES string of the molecule is [O-]N1CCC2c3ccccc3CCC2C1. The minimum absolute atomic E-state index is 0.603. The molecular weight excluding hydrogens is 186 g/mol. The van der Waals surface area contributed by atoms with Crippen molar-refractivity contribution in [2.24, 2.45) is 5.92 Å². The molecule has 1 fully saturated rings. The minimum Gasteiger partial charge on any atom is -0.785 e. The number of hydroxylamine groups is 2. The molecule has 1 aliphatic heterocycles. The molecule has 0 amide bonds. The number of benzene rings is 1. The Bertz CT molecular complexity index is 363. The van der Waals surface area contributed by atoms with E-state index in [0.717, 1.165) is 25.9 Å². The summed E-state index contributed by atoms with van der Waals surface area (Å²) in [7, 11) is 0. The lowest BCUT2D eigenvalue weighted by molar-refractivity contribution is 0.188. The summed E-state index contributed by atoms with van der Waals surface area (Å²) in [4.78, 5) is 0. The maximum Gasteiger partial charge on any atom is -0.0107 e. The monoisotopic (exact) mass is 202 g/mol. The summed E-state index contributed by atoms with van der Waals surface area (Å²) in [5, 5.41) is 12.6. The zero-order valence-corrected chi connectivity index (χ0v) is 8.86. The predicted molar refractivity (Wildman–Crippen MR) is 60.6 cm³/mol. The quantitative estimate of drug-likeness (QED) is 0.646. The van der Waals surface area contributed by atoms with Gasteiger partial charge in [0, 0.05) is 0 Å². The molecule has 0 bridgehead atoms. The van der Waals surface area contributed by atoms with Crippen LogP contribution in [0.15, 0.2) is 24.3 Å².